The summed E-state index contributed by atoms with van der Waals surface area (Å²) < 4.78 is 13.1. The molecule has 1 saturated heterocycles. The van der Waals surface area contributed by atoms with E-state index in [-0.39, 0.29) is 23.8 Å². The summed E-state index contributed by atoms with van der Waals surface area (Å²) in [5, 5.41) is 2.86. The monoisotopic (exact) mass is 321 g/mol. The van der Waals surface area contributed by atoms with Crippen molar-refractivity contribution < 1.29 is 14.0 Å². The van der Waals surface area contributed by atoms with Crippen LogP contribution in [0, 0.1) is 5.82 Å². The van der Waals surface area contributed by atoms with Crippen LogP contribution in [-0.4, -0.2) is 54.0 Å². The maximum Gasteiger partial charge on any atom is 0.317 e. The molecule has 3 amide bonds. The third-order valence-electron chi connectivity index (χ3n) is 3.85. The Balaban J connectivity index is 1.76. The van der Waals surface area contributed by atoms with E-state index < -0.39 is 0 Å². The number of amides is 3. The minimum Gasteiger partial charge on any atom is -0.339 e. The van der Waals surface area contributed by atoms with Gasteiger partial charge in [0.1, 0.15) is 5.82 Å². The van der Waals surface area contributed by atoms with Gasteiger partial charge in [-0.1, -0.05) is 12.1 Å². The molecule has 23 heavy (non-hydrogen) atoms. The Morgan fingerprint density at radius 3 is 2.43 bits per heavy atom. The fourth-order valence-corrected chi connectivity index (χ4v) is 2.60. The van der Waals surface area contributed by atoms with Gasteiger partial charge in [0.05, 0.1) is 0 Å². The summed E-state index contributed by atoms with van der Waals surface area (Å²) in [5.74, 6) is -0.224. The Kier molecular flexibility index (Phi) is 5.96. The zero-order chi connectivity index (χ0) is 16.8. The van der Waals surface area contributed by atoms with Crippen LogP contribution in [0.5, 0.6) is 0 Å². The number of hydrogen-bond acceptors (Lipinski definition) is 2. The van der Waals surface area contributed by atoms with Gasteiger partial charge >= 0.3 is 6.03 Å². The summed E-state index contributed by atoms with van der Waals surface area (Å²) in [7, 11) is 0. The number of rotatable bonds is 4. The molecule has 0 unspecified atom stereocenters. The minimum atomic E-state index is -0.278. The topological polar surface area (TPSA) is 52.7 Å². The number of nitrogens with zero attached hydrogens (tertiary/aromatic N) is 2. The lowest BCUT2D eigenvalue weighted by molar-refractivity contribution is -0.132. The molecule has 0 saturated carbocycles. The normalized spacial score (nSPS) is 15.0. The van der Waals surface area contributed by atoms with Crippen LogP contribution in [0.1, 0.15) is 25.8 Å². The van der Waals surface area contributed by atoms with Crippen LogP contribution in [-0.2, 0) is 11.2 Å². The van der Waals surface area contributed by atoms with Crippen LogP contribution in [0.25, 0.3) is 0 Å². The number of benzene rings is 1. The van der Waals surface area contributed by atoms with E-state index >= 15 is 0 Å². The lowest BCUT2D eigenvalue weighted by Gasteiger charge is -2.35. The molecule has 1 fully saturated rings. The molecule has 0 aromatic heterocycles. The second-order valence-corrected chi connectivity index (χ2v) is 6.10. The molecule has 0 spiro atoms. The molecule has 2 rings (SSSR count). The van der Waals surface area contributed by atoms with Crippen molar-refractivity contribution in [3.63, 3.8) is 0 Å². The van der Waals surface area contributed by atoms with Crippen LogP contribution in [0.2, 0.25) is 0 Å². The molecule has 6 heteroatoms. The second-order valence-electron chi connectivity index (χ2n) is 6.10. The van der Waals surface area contributed by atoms with E-state index in [1.807, 2.05) is 19.9 Å². The molecule has 1 aromatic rings. The van der Waals surface area contributed by atoms with Crippen molar-refractivity contribution in [2.75, 3.05) is 26.2 Å². The van der Waals surface area contributed by atoms with Gasteiger partial charge in [0.2, 0.25) is 5.91 Å². The molecule has 0 atom stereocenters. The van der Waals surface area contributed by atoms with Gasteiger partial charge in [0.15, 0.2) is 0 Å². The summed E-state index contributed by atoms with van der Waals surface area (Å²) >= 11 is 0. The summed E-state index contributed by atoms with van der Waals surface area (Å²) in [5.41, 5.74) is 0.827. The minimum absolute atomic E-state index is 0.0539. The highest BCUT2D eigenvalue weighted by atomic mass is 19.1. The lowest BCUT2D eigenvalue weighted by atomic mass is 10.1. The molecule has 1 aliphatic heterocycles. The average molecular weight is 321 g/mol. The summed E-state index contributed by atoms with van der Waals surface area (Å²) in [4.78, 5) is 27.6. The van der Waals surface area contributed by atoms with Crippen LogP contribution in [0.4, 0.5) is 9.18 Å². The van der Waals surface area contributed by atoms with Crippen molar-refractivity contribution in [1.82, 2.24) is 15.1 Å². The smallest absolute Gasteiger partial charge is 0.317 e. The third kappa shape index (κ3) is 5.23. The average Bonchev–Trinajstić information content (AvgIpc) is 2.52. The molecule has 126 valence electrons. The van der Waals surface area contributed by atoms with Crippen molar-refractivity contribution >= 4 is 11.9 Å². The number of halogens is 1. The van der Waals surface area contributed by atoms with Crippen molar-refractivity contribution in [3.8, 4) is 0 Å². The van der Waals surface area contributed by atoms with Gasteiger partial charge in [0, 0.05) is 38.6 Å². The number of carbonyl (C=O) groups is 2. The molecular weight excluding hydrogens is 297 g/mol. The number of urea groups is 1. The van der Waals surface area contributed by atoms with E-state index in [1.165, 1.54) is 12.1 Å². The van der Waals surface area contributed by atoms with Gasteiger partial charge in [-0.05, 0) is 38.0 Å². The van der Waals surface area contributed by atoms with E-state index in [0.29, 0.717) is 39.0 Å². The number of carbonyl (C=O) groups excluding carboxylic acids is 2. The van der Waals surface area contributed by atoms with Gasteiger partial charge in [-0.2, -0.15) is 0 Å². The first-order chi connectivity index (χ1) is 11.0. The summed E-state index contributed by atoms with van der Waals surface area (Å²) in [6.07, 6.45) is 0.895. The Hall–Kier alpha value is -2.11. The van der Waals surface area contributed by atoms with Crippen molar-refractivity contribution in [2.24, 2.45) is 0 Å². The van der Waals surface area contributed by atoms with E-state index in [2.05, 4.69) is 5.32 Å². The molecular formula is C17H24FN3O2. The molecule has 0 radical (unpaired) electrons. The number of hydrogen-bond donors (Lipinski definition) is 1. The Bertz CT molecular complexity index is 555. The maximum absolute atomic E-state index is 13.1. The van der Waals surface area contributed by atoms with Gasteiger partial charge in [0.25, 0.3) is 0 Å². The Morgan fingerprint density at radius 2 is 1.83 bits per heavy atom. The van der Waals surface area contributed by atoms with Crippen LogP contribution >= 0.6 is 0 Å². The highest BCUT2D eigenvalue weighted by Crippen LogP contribution is 2.09. The maximum atomic E-state index is 13.1. The zero-order valence-corrected chi connectivity index (χ0v) is 13.7. The fourth-order valence-electron chi connectivity index (χ4n) is 2.60. The molecule has 5 nitrogen and oxygen atoms in total. The van der Waals surface area contributed by atoms with Gasteiger partial charge < -0.3 is 15.1 Å². The first kappa shape index (κ1) is 17.2. The fraction of sp³-hybridized carbons (Fsp3) is 0.529. The van der Waals surface area contributed by atoms with E-state index in [1.54, 1.807) is 15.9 Å². The third-order valence-corrected chi connectivity index (χ3v) is 3.85. The van der Waals surface area contributed by atoms with Crippen LogP contribution < -0.4 is 5.32 Å². The molecule has 1 aromatic carbocycles. The molecule has 0 aliphatic carbocycles. The standard InChI is InChI=1S/C17H24FN3O2/c1-13(2)19-17(23)21-10-8-20(9-11-21)16(22)7-6-14-4-3-5-15(18)12-14/h3-5,12-13H,6-11H2,1-2H3,(H,19,23). The molecule has 1 N–H and O–H groups in total. The Labute approximate surface area is 136 Å². The van der Waals surface area contributed by atoms with Crippen LogP contribution in [0.3, 0.4) is 0 Å². The lowest BCUT2D eigenvalue weighted by Crippen LogP contribution is -2.54. The highest BCUT2D eigenvalue weighted by molar-refractivity contribution is 5.78. The molecule has 1 heterocycles. The Morgan fingerprint density at radius 1 is 1.17 bits per heavy atom. The molecule has 1 aliphatic rings. The SMILES string of the molecule is CC(C)NC(=O)N1CCN(C(=O)CCc2cccc(F)c2)CC1. The van der Waals surface area contributed by atoms with Crippen molar-refractivity contribution in [2.45, 2.75) is 32.7 Å². The first-order valence-corrected chi connectivity index (χ1v) is 8.03. The molecule has 0 bridgehead atoms. The second kappa shape index (κ2) is 7.94. The number of piperazine rings is 1. The summed E-state index contributed by atoms with van der Waals surface area (Å²) in [6.45, 7) is 6.03. The first-order valence-electron chi connectivity index (χ1n) is 8.03. The van der Waals surface area contributed by atoms with E-state index in [9.17, 15) is 14.0 Å². The largest absolute Gasteiger partial charge is 0.339 e. The van der Waals surface area contributed by atoms with Gasteiger partial charge in [-0.15, -0.1) is 0 Å². The zero-order valence-electron chi connectivity index (χ0n) is 13.7. The predicted molar refractivity (Wildman–Crippen MR) is 86.5 cm³/mol. The van der Waals surface area contributed by atoms with E-state index in [0.717, 1.165) is 5.56 Å². The quantitative estimate of drug-likeness (QED) is 0.922. The number of aryl methyl sites for hydroxylation is 1. The predicted octanol–water partition coefficient (Wildman–Crippen LogP) is 2.02. The van der Waals surface area contributed by atoms with Crippen molar-refractivity contribution in [1.29, 1.82) is 0 Å². The highest BCUT2D eigenvalue weighted by Gasteiger charge is 2.24. The van der Waals surface area contributed by atoms with Crippen molar-refractivity contribution in [3.05, 3.63) is 35.6 Å². The number of nitrogens with one attached hydrogen (secondary N) is 1. The van der Waals surface area contributed by atoms with E-state index in [4.69, 9.17) is 0 Å². The van der Waals surface area contributed by atoms with Gasteiger partial charge in [-0.3, -0.25) is 4.79 Å². The summed E-state index contributed by atoms with van der Waals surface area (Å²) in [6, 6.07) is 6.36. The van der Waals surface area contributed by atoms with Gasteiger partial charge in [-0.25, -0.2) is 9.18 Å². The van der Waals surface area contributed by atoms with Crippen LogP contribution in [0.15, 0.2) is 24.3 Å².